The van der Waals surface area contributed by atoms with Gasteiger partial charge in [0.1, 0.15) is 6.04 Å². The molecule has 33 heavy (non-hydrogen) atoms. The van der Waals surface area contributed by atoms with Gasteiger partial charge in [0.05, 0.1) is 17.7 Å². The Bertz CT molecular complexity index is 1170. The van der Waals surface area contributed by atoms with Crippen molar-refractivity contribution in [1.82, 2.24) is 20.4 Å². The number of aromatic nitrogens is 2. The first kappa shape index (κ1) is 22.8. The highest BCUT2D eigenvalue weighted by Gasteiger charge is 2.42. The SMILES string of the molecule is CC(C)(C)C(NC(=O)c1nn(Cc2ccc(N)cc2)c2ccccc12)C(=O)NCC1(O)CC1. The number of hydrogen-bond donors (Lipinski definition) is 4. The predicted octanol–water partition coefficient (Wildman–Crippen LogP) is 2.45. The molecular weight excluding hydrogens is 418 g/mol. The summed E-state index contributed by atoms with van der Waals surface area (Å²) in [5.74, 6) is -0.732. The van der Waals surface area contributed by atoms with Crippen molar-refractivity contribution in [3.8, 4) is 0 Å². The van der Waals surface area contributed by atoms with Gasteiger partial charge in [-0.2, -0.15) is 5.10 Å². The smallest absolute Gasteiger partial charge is 0.273 e. The van der Waals surface area contributed by atoms with Gasteiger partial charge in [0.15, 0.2) is 5.69 Å². The lowest BCUT2D eigenvalue weighted by molar-refractivity contribution is -0.126. The van der Waals surface area contributed by atoms with E-state index in [2.05, 4.69) is 15.7 Å². The number of fused-ring (bicyclic) bond motifs is 1. The first-order valence-corrected chi connectivity index (χ1v) is 11.2. The van der Waals surface area contributed by atoms with E-state index in [1.54, 1.807) is 4.68 Å². The third-order valence-corrected chi connectivity index (χ3v) is 6.01. The number of carbonyl (C=O) groups is 2. The monoisotopic (exact) mass is 449 g/mol. The van der Waals surface area contributed by atoms with E-state index in [4.69, 9.17) is 5.73 Å². The summed E-state index contributed by atoms with van der Waals surface area (Å²) in [5.41, 5.74) is 7.23. The van der Waals surface area contributed by atoms with Crippen molar-refractivity contribution in [2.45, 2.75) is 51.8 Å². The van der Waals surface area contributed by atoms with E-state index in [1.165, 1.54) is 0 Å². The molecular formula is C25H31N5O3. The van der Waals surface area contributed by atoms with Crippen molar-refractivity contribution < 1.29 is 14.7 Å². The number of anilines is 1. The average molecular weight is 450 g/mol. The number of para-hydroxylation sites is 1. The largest absolute Gasteiger partial charge is 0.399 e. The molecule has 0 bridgehead atoms. The molecule has 4 rings (SSSR count). The lowest BCUT2D eigenvalue weighted by Gasteiger charge is -2.30. The van der Waals surface area contributed by atoms with E-state index in [1.807, 2.05) is 69.3 Å². The number of aliphatic hydroxyl groups is 1. The normalized spacial score (nSPS) is 15.8. The van der Waals surface area contributed by atoms with Gasteiger partial charge in [-0.3, -0.25) is 14.3 Å². The van der Waals surface area contributed by atoms with Crippen molar-refractivity contribution in [2.75, 3.05) is 12.3 Å². The topological polar surface area (TPSA) is 122 Å². The Balaban J connectivity index is 1.58. The minimum atomic E-state index is -0.806. The summed E-state index contributed by atoms with van der Waals surface area (Å²) in [4.78, 5) is 26.2. The van der Waals surface area contributed by atoms with Gasteiger partial charge in [0.2, 0.25) is 5.91 Å². The number of nitrogens with two attached hydrogens (primary N) is 1. The maximum Gasteiger partial charge on any atom is 0.273 e. The fourth-order valence-corrected chi connectivity index (χ4v) is 3.76. The van der Waals surface area contributed by atoms with Crippen molar-refractivity contribution in [1.29, 1.82) is 0 Å². The fraction of sp³-hybridized carbons (Fsp3) is 0.400. The van der Waals surface area contributed by atoms with Crippen LogP contribution in [-0.2, 0) is 11.3 Å². The number of rotatable bonds is 7. The molecule has 0 radical (unpaired) electrons. The molecule has 8 nitrogen and oxygen atoms in total. The van der Waals surface area contributed by atoms with Crippen LogP contribution in [-0.4, -0.2) is 44.9 Å². The summed E-state index contributed by atoms with van der Waals surface area (Å²) in [5, 5.41) is 21.0. The Morgan fingerprint density at radius 1 is 1.15 bits per heavy atom. The zero-order chi connectivity index (χ0) is 23.8. The predicted molar refractivity (Wildman–Crippen MR) is 128 cm³/mol. The van der Waals surface area contributed by atoms with Crippen LogP contribution >= 0.6 is 0 Å². The highest BCUT2D eigenvalue weighted by Crippen LogP contribution is 2.34. The van der Waals surface area contributed by atoms with Crippen LogP contribution < -0.4 is 16.4 Å². The average Bonchev–Trinajstić information content (AvgIpc) is 3.40. The molecule has 2 aromatic carbocycles. The van der Waals surface area contributed by atoms with Crippen LogP contribution in [0.3, 0.4) is 0 Å². The summed E-state index contributed by atoms with van der Waals surface area (Å²) in [6.07, 6.45) is 1.36. The first-order valence-electron chi connectivity index (χ1n) is 11.2. The second-order valence-electron chi connectivity index (χ2n) is 9.98. The van der Waals surface area contributed by atoms with Crippen molar-refractivity contribution in [2.24, 2.45) is 5.41 Å². The zero-order valence-electron chi connectivity index (χ0n) is 19.3. The molecule has 3 aromatic rings. The number of benzene rings is 2. The summed E-state index contributed by atoms with van der Waals surface area (Å²) in [6, 6.07) is 14.3. The van der Waals surface area contributed by atoms with Crippen molar-refractivity contribution >= 4 is 28.4 Å². The molecule has 2 amide bonds. The first-order chi connectivity index (χ1) is 15.6. The number of amides is 2. The summed E-state index contributed by atoms with van der Waals surface area (Å²) in [7, 11) is 0. The van der Waals surface area contributed by atoms with Crippen LogP contribution in [0.5, 0.6) is 0 Å². The van der Waals surface area contributed by atoms with Gasteiger partial charge in [-0.1, -0.05) is 51.1 Å². The van der Waals surface area contributed by atoms with Crippen LogP contribution in [0.4, 0.5) is 5.69 Å². The van der Waals surface area contributed by atoms with Crippen LogP contribution in [0.25, 0.3) is 10.9 Å². The summed E-state index contributed by atoms with van der Waals surface area (Å²) >= 11 is 0. The van der Waals surface area contributed by atoms with E-state index >= 15 is 0 Å². The van der Waals surface area contributed by atoms with Gasteiger partial charge in [-0.15, -0.1) is 0 Å². The van der Waals surface area contributed by atoms with Gasteiger partial charge in [-0.25, -0.2) is 0 Å². The summed E-state index contributed by atoms with van der Waals surface area (Å²) in [6.45, 7) is 6.34. The molecule has 1 heterocycles. The number of nitrogen functional groups attached to an aromatic ring is 1. The van der Waals surface area contributed by atoms with Crippen molar-refractivity contribution in [3.63, 3.8) is 0 Å². The van der Waals surface area contributed by atoms with Gasteiger partial charge in [-0.05, 0) is 42.0 Å². The molecule has 1 saturated carbocycles. The van der Waals surface area contributed by atoms with Crippen molar-refractivity contribution in [3.05, 3.63) is 59.8 Å². The standard InChI is InChI=1S/C25H31N5O3/c1-24(2,3)21(23(32)27-15-25(33)12-13-25)28-22(31)20-18-6-4-5-7-19(18)30(29-20)14-16-8-10-17(26)11-9-16/h4-11,21,33H,12-15,26H2,1-3H3,(H,27,32)(H,28,31). The van der Waals surface area contributed by atoms with Crippen LogP contribution in [0.1, 0.15) is 49.7 Å². The second-order valence-corrected chi connectivity index (χ2v) is 9.98. The Morgan fingerprint density at radius 3 is 2.45 bits per heavy atom. The van der Waals surface area contributed by atoms with E-state index in [-0.39, 0.29) is 18.1 Å². The van der Waals surface area contributed by atoms with Gasteiger partial charge in [0, 0.05) is 17.6 Å². The molecule has 1 aliphatic rings. The highest BCUT2D eigenvalue weighted by atomic mass is 16.3. The molecule has 0 saturated heterocycles. The van der Waals surface area contributed by atoms with E-state index < -0.39 is 23.0 Å². The number of nitrogens with zero attached hydrogens (tertiary/aromatic N) is 2. The maximum absolute atomic E-state index is 13.3. The van der Waals surface area contributed by atoms with Crippen LogP contribution in [0.15, 0.2) is 48.5 Å². The Kier molecular flexibility index (Phi) is 5.88. The Labute approximate surface area is 193 Å². The molecule has 5 N–H and O–H groups in total. The Hall–Kier alpha value is -3.39. The molecule has 0 aliphatic heterocycles. The van der Waals surface area contributed by atoms with E-state index in [9.17, 15) is 14.7 Å². The van der Waals surface area contributed by atoms with Gasteiger partial charge >= 0.3 is 0 Å². The second kappa shape index (κ2) is 8.51. The number of hydrogen-bond acceptors (Lipinski definition) is 5. The molecule has 174 valence electrons. The minimum absolute atomic E-state index is 0.188. The Morgan fingerprint density at radius 2 is 1.82 bits per heavy atom. The quantitative estimate of drug-likeness (QED) is 0.413. The lowest BCUT2D eigenvalue weighted by atomic mass is 9.86. The third kappa shape index (κ3) is 5.17. The highest BCUT2D eigenvalue weighted by molar-refractivity contribution is 6.06. The van der Waals surface area contributed by atoms with Crippen LogP contribution in [0.2, 0.25) is 0 Å². The molecule has 1 aromatic heterocycles. The molecule has 1 fully saturated rings. The third-order valence-electron chi connectivity index (χ3n) is 6.01. The van der Waals surface area contributed by atoms with Crippen LogP contribution in [0, 0.1) is 5.41 Å². The maximum atomic E-state index is 13.3. The fourth-order valence-electron chi connectivity index (χ4n) is 3.76. The molecule has 8 heteroatoms. The van der Waals surface area contributed by atoms with E-state index in [0.717, 1.165) is 11.1 Å². The summed E-state index contributed by atoms with van der Waals surface area (Å²) < 4.78 is 1.78. The zero-order valence-corrected chi connectivity index (χ0v) is 19.3. The number of carbonyl (C=O) groups excluding carboxylic acids is 2. The van der Waals surface area contributed by atoms with Gasteiger partial charge < -0.3 is 21.5 Å². The molecule has 1 atom stereocenters. The number of nitrogens with one attached hydrogen (secondary N) is 2. The molecule has 1 unspecified atom stereocenters. The molecule has 1 aliphatic carbocycles. The molecule has 0 spiro atoms. The minimum Gasteiger partial charge on any atom is -0.399 e. The van der Waals surface area contributed by atoms with Gasteiger partial charge in [0.25, 0.3) is 5.91 Å². The van der Waals surface area contributed by atoms with E-state index in [0.29, 0.717) is 30.5 Å². The lowest BCUT2D eigenvalue weighted by Crippen LogP contribution is -2.54.